The number of aryl methyl sites for hydroxylation is 1. The van der Waals surface area contributed by atoms with Crippen LogP contribution in [0.1, 0.15) is 47.8 Å². The normalized spacial score (nSPS) is 19.2. The molecule has 1 saturated heterocycles. The van der Waals surface area contributed by atoms with Crippen LogP contribution in [0, 0.1) is 0 Å². The summed E-state index contributed by atoms with van der Waals surface area (Å²) in [6, 6.07) is 7.89. The molecule has 0 spiro atoms. The number of ether oxygens (including phenoxy) is 1. The number of amides is 1. The number of piperidine rings is 1. The zero-order valence-electron chi connectivity index (χ0n) is 16.5. The largest absolute Gasteiger partial charge is 0.496 e. The topological polar surface area (TPSA) is 67.3 Å². The van der Waals surface area contributed by atoms with Crippen molar-refractivity contribution >= 4 is 5.91 Å². The number of hydrogen-bond donors (Lipinski definition) is 1. The van der Waals surface area contributed by atoms with Crippen LogP contribution < -0.4 is 10.1 Å². The summed E-state index contributed by atoms with van der Waals surface area (Å²) in [7, 11) is 1.67. The molecule has 148 valence electrons. The zero-order valence-corrected chi connectivity index (χ0v) is 16.5. The Labute approximate surface area is 166 Å². The van der Waals surface area contributed by atoms with E-state index in [4.69, 9.17) is 9.72 Å². The van der Waals surface area contributed by atoms with E-state index in [1.165, 1.54) is 6.42 Å². The van der Waals surface area contributed by atoms with Gasteiger partial charge in [-0.25, -0.2) is 9.97 Å². The molecule has 0 saturated carbocycles. The van der Waals surface area contributed by atoms with Crippen molar-refractivity contribution in [2.24, 2.45) is 0 Å². The van der Waals surface area contributed by atoms with Gasteiger partial charge in [0, 0.05) is 50.2 Å². The lowest BCUT2D eigenvalue weighted by atomic mass is 9.98. The van der Waals surface area contributed by atoms with Gasteiger partial charge in [-0.1, -0.05) is 18.2 Å². The van der Waals surface area contributed by atoms with Crippen LogP contribution in [0.15, 0.2) is 30.5 Å². The molecule has 2 aliphatic heterocycles. The molecular weight excluding hydrogens is 352 g/mol. The number of carbonyl (C=O) groups excluding carboxylic acids is 1. The number of aromatic nitrogens is 2. The molecule has 1 atom stereocenters. The van der Waals surface area contributed by atoms with E-state index in [0.717, 1.165) is 60.9 Å². The van der Waals surface area contributed by atoms with Gasteiger partial charge < -0.3 is 15.0 Å². The van der Waals surface area contributed by atoms with Gasteiger partial charge >= 0.3 is 0 Å². The summed E-state index contributed by atoms with van der Waals surface area (Å²) in [6.07, 6.45) is 6.26. The van der Waals surface area contributed by atoms with Gasteiger partial charge in [-0.05, 0) is 37.4 Å². The average Bonchev–Trinajstić information content (AvgIpc) is 2.77. The fourth-order valence-corrected chi connectivity index (χ4v) is 4.12. The van der Waals surface area contributed by atoms with Gasteiger partial charge in [0.2, 0.25) is 5.91 Å². The summed E-state index contributed by atoms with van der Waals surface area (Å²) in [4.78, 5) is 24.1. The second-order valence-corrected chi connectivity index (χ2v) is 7.62. The summed E-state index contributed by atoms with van der Waals surface area (Å²) < 4.78 is 5.38. The molecule has 2 aliphatic rings. The van der Waals surface area contributed by atoms with E-state index in [0.29, 0.717) is 25.3 Å². The third-order valence-corrected chi connectivity index (χ3v) is 5.77. The van der Waals surface area contributed by atoms with Crippen LogP contribution in [0.2, 0.25) is 0 Å². The molecule has 1 amide bonds. The van der Waals surface area contributed by atoms with Crippen molar-refractivity contribution < 1.29 is 9.53 Å². The Balaban J connectivity index is 1.37. The maximum absolute atomic E-state index is 12.7. The fraction of sp³-hybridized carbons (Fsp3) is 0.500. The van der Waals surface area contributed by atoms with Crippen LogP contribution in [0.25, 0.3) is 0 Å². The van der Waals surface area contributed by atoms with Gasteiger partial charge in [0.05, 0.1) is 12.8 Å². The van der Waals surface area contributed by atoms with Crippen LogP contribution in [-0.4, -0.2) is 47.5 Å². The van der Waals surface area contributed by atoms with Crippen molar-refractivity contribution in [2.45, 2.75) is 44.6 Å². The molecule has 0 bridgehead atoms. The van der Waals surface area contributed by atoms with Gasteiger partial charge in [0.15, 0.2) is 0 Å². The van der Waals surface area contributed by atoms with Crippen molar-refractivity contribution in [3.8, 4) is 5.75 Å². The summed E-state index contributed by atoms with van der Waals surface area (Å²) in [5, 5.41) is 3.43. The fourth-order valence-electron chi connectivity index (χ4n) is 4.12. The molecule has 1 aromatic heterocycles. The highest BCUT2D eigenvalue weighted by molar-refractivity contribution is 5.76. The quantitative estimate of drug-likeness (QED) is 0.863. The van der Waals surface area contributed by atoms with E-state index < -0.39 is 0 Å². The Hall–Kier alpha value is -2.47. The standard InChI is InChI=1S/C22H28N4O2/c1-28-20-7-3-2-5-16(20)8-9-21(27)26-12-10-19-18(15-26)14-24-22(25-19)17-6-4-11-23-13-17/h2-3,5,7,14,17,23H,4,6,8-13,15H2,1H3/t17-/m0/s1. The number of nitrogens with one attached hydrogen (secondary N) is 1. The molecule has 2 aromatic rings. The van der Waals surface area contributed by atoms with Crippen molar-refractivity contribution in [3.63, 3.8) is 0 Å². The molecule has 1 aromatic carbocycles. The molecule has 0 aliphatic carbocycles. The first-order valence-corrected chi connectivity index (χ1v) is 10.2. The first-order valence-electron chi connectivity index (χ1n) is 10.2. The first-order chi connectivity index (χ1) is 13.7. The Kier molecular flexibility index (Phi) is 5.86. The predicted molar refractivity (Wildman–Crippen MR) is 107 cm³/mol. The molecule has 4 rings (SSSR count). The summed E-state index contributed by atoms with van der Waals surface area (Å²) >= 11 is 0. The lowest BCUT2D eigenvalue weighted by Gasteiger charge is -2.29. The maximum atomic E-state index is 12.7. The molecule has 3 heterocycles. The van der Waals surface area contributed by atoms with Crippen LogP contribution in [0.5, 0.6) is 5.75 Å². The summed E-state index contributed by atoms with van der Waals surface area (Å²) in [5.41, 5.74) is 3.28. The Morgan fingerprint density at radius 3 is 3.07 bits per heavy atom. The van der Waals surface area contributed by atoms with Gasteiger partial charge in [-0.3, -0.25) is 4.79 Å². The smallest absolute Gasteiger partial charge is 0.223 e. The molecule has 0 unspecified atom stereocenters. The zero-order chi connectivity index (χ0) is 19.3. The number of nitrogens with zero attached hydrogens (tertiary/aromatic N) is 3. The van der Waals surface area contributed by atoms with Gasteiger partial charge in [-0.15, -0.1) is 0 Å². The van der Waals surface area contributed by atoms with Crippen molar-refractivity contribution in [1.82, 2.24) is 20.2 Å². The minimum Gasteiger partial charge on any atom is -0.496 e. The molecule has 1 N–H and O–H groups in total. The third kappa shape index (κ3) is 4.17. The van der Waals surface area contributed by atoms with E-state index >= 15 is 0 Å². The van der Waals surface area contributed by atoms with E-state index in [1.807, 2.05) is 35.4 Å². The Morgan fingerprint density at radius 2 is 2.25 bits per heavy atom. The number of para-hydroxylation sites is 1. The first kappa shape index (κ1) is 18.9. The van der Waals surface area contributed by atoms with Gasteiger partial charge in [-0.2, -0.15) is 0 Å². The van der Waals surface area contributed by atoms with Crippen LogP contribution in [-0.2, 0) is 24.2 Å². The lowest BCUT2D eigenvalue weighted by Crippen LogP contribution is -2.37. The molecular formula is C22H28N4O2. The van der Waals surface area contributed by atoms with E-state index in [-0.39, 0.29) is 5.91 Å². The maximum Gasteiger partial charge on any atom is 0.223 e. The highest BCUT2D eigenvalue weighted by atomic mass is 16.5. The molecule has 28 heavy (non-hydrogen) atoms. The number of carbonyl (C=O) groups is 1. The molecule has 6 heteroatoms. The van der Waals surface area contributed by atoms with Crippen molar-refractivity contribution in [2.75, 3.05) is 26.7 Å². The van der Waals surface area contributed by atoms with E-state index in [2.05, 4.69) is 10.3 Å². The Morgan fingerprint density at radius 1 is 1.36 bits per heavy atom. The van der Waals surface area contributed by atoms with Gasteiger partial charge in [0.25, 0.3) is 0 Å². The number of hydrogen-bond acceptors (Lipinski definition) is 5. The summed E-state index contributed by atoms with van der Waals surface area (Å²) in [5.74, 6) is 2.40. The van der Waals surface area contributed by atoms with Crippen LogP contribution >= 0.6 is 0 Å². The number of rotatable bonds is 5. The minimum atomic E-state index is 0.178. The van der Waals surface area contributed by atoms with Crippen LogP contribution in [0.4, 0.5) is 0 Å². The lowest BCUT2D eigenvalue weighted by molar-refractivity contribution is -0.132. The van der Waals surface area contributed by atoms with Crippen molar-refractivity contribution in [3.05, 3.63) is 53.1 Å². The second kappa shape index (κ2) is 8.69. The van der Waals surface area contributed by atoms with Crippen molar-refractivity contribution in [1.29, 1.82) is 0 Å². The average molecular weight is 380 g/mol. The predicted octanol–water partition coefficient (Wildman–Crippen LogP) is 2.47. The molecule has 6 nitrogen and oxygen atoms in total. The molecule has 1 fully saturated rings. The summed E-state index contributed by atoms with van der Waals surface area (Å²) in [6.45, 7) is 3.40. The monoisotopic (exact) mass is 380 g/mol. The highest BCUT2D eigenvalue weighted by Crippen LogP contribution is 2.24. The third-order valence-electron chi connectivity index (χ3n) is 5.77. The second-order valence-electron chi connectivity index (χ2n) is 7.62. The highest BCUT2D eigenvalue weighted by Gasteiger charge is 2.24. The number of fused-ring (bicyclic) bond motifs is 1. The Bertz CT molecular complexity index is 833. The SMILES string of the molecule is COc1ccccc1CCC(=O)N1CCc2nc([C@H]3CCCNC3)ncc2C1. The number of methoxy groups -OCH3 is 1. The van der Waals surface area contributed by atoms with E-state index in [9.17, 15) is 4.79 Å². The number of benzene rings is 1. The van der Waals surface area contributed by atoms with Gasteiger partial charge in [0.1, 0.15) is 11.6 Å². The minimum absolute atomic E-state index is 0.178. The molecule has 0 radical (unpaired) electrons. The van der Waals surface area contributed by atoms with E-state index in [1.54, 1.807) is 7.11 Å². The van der Waals surface area contributed by atoms with Crippen LogP contribution in [0.3, 0.4) is 0 Å².